The standard InChI is InChI=1S/C33H33N7O5/c1-44-25-13-12-23(27(18-25)45-2)19-36-31-29-26(14-16-35-31)40(24-6-5-17-39(20-24)33(42)43)38-30(29)21-8-10-22(11-9-21)32(41)37-28-7-3-4-15-34-28/h3-4,7-16,18,24H,5-6,17,19-20H2,1-2H3,(H,35,36)(H,42,43)(H,34,37,41)/t24-/m0/s1. The van der Waals surface area contributed by atoms with Crippen LogP contribution >= 0.6 is 0 Å². The van der Waals surface area contributed by atoms with Gasteiger partial charge in [-0.15, -0.1) is 0 Å². The van der Waals surface area contributed by atoms with E-state index in [9.17, 15) is 14.7 Å². The molecule has 1 saturated heterocycles. The molecule has 0 saturated carbocycles. The SMILES string of the molecule is COc1ccc(CNc2nccc3c2c(-c2ccc(C(=O)Nc4ccccn4)cc2)nn3[C@H]2CCCN(C(=O)O)C2)c(OC)c1. The highest BCUT2D eigenvalue weighted by atomic mass is 16.5. The molecule has 2 aromatic carbocycles. The number of carbonyl (C=O) groups excluding carboxylic acids is 1. The maximum Gasteiger partial charge on any atom is 0.407 e. The number of rotatable bonds is 9. The van der Waals surface area contributed by atoms with E-state index in [0.717, 1.165) is 34.9 Å². The number of nitrogens with zero attached hydrogens (tertiary/aromatic N) is 5. The maximum atomic E-state index is 12.9. The molecule has 0 radical (unpaired) electrons. The van der Waals surface area contributed by atoms with Crippen LogP contribution in [0, 0.1) is 0 Å². The van der Waals surface area contributed by atoms with Crippen LogP contribution in [0.1, 0.15) is 34.8 Å². The predicted octanol–water partition coefficient (Wildman–Crippen LogP) is 5.69. The Labute approximate surface area is 259 Å². The van der Waals surface area contributed by atoms with E-state index in [1.54, 1.807) is 56.9 Å². The van der Waals surface area contributed by atoms with Crippen molar-refractivity contribution < 1.29 is 24.2 Å². The molecule has 12 heteroatoms. The molecule has 45 heavy (non-hydrogen) atoms. The van der Waals surface area contributed by atoms with E-state index in [2.05, 4.69) is 20.6 Å². The van der Waals surface area contributed by atoms with Gasteiger partial charge in [0, 0.05) is 54.8 Å². The van der Waals surface area contributed by atoms with Crippen molar-refractivity contribution >= 4 is 34.5 Å². The van der Waals surface area contributed by atoms with E-state index in [1.807, 2.05) is 41.1 Å². The number of likely N-dealkylation sites (tertiary alicyclic amines) is 1. The second-order valence-corrected chi connectivity index (χ2v) is 10.6. The molecule has 6 rings (SSSR count). The fraction of sp³-hybridized carbons (Fsp3) is 0.242. The molecule has 1 aliphatic heterocycles. The van der Waals surface area contributed by atoms with E-state index in [0.29, 0.717) is 54.0 Å². The van der Waals surface area contributed by atoms with Gasteiger partial charge in [0.05, 0.1) is 31.2 Å². The first-order chi connectivity index (χ1) is 21.9. The molecule has 0 aliphatic carbocycles. The summed E-state index contributed by atoms with van der Waals surface area (Å²) >= 11 is 0. The van der Waals surface area contributed by atoms with Crippen LogP contribution in [0.4, 0.5) is 16.4 Å². The molecule has 0 bridgehead atoms. The molecule has 3 aromatic heterocycles. The number of piperidine rings is 1. The molecule has 0 spiro atoms. The van der Waals surface area contributed by atoms with Crippen molar-refractivity contribution in [2.45, 2.75) is 25.4 Å². The number of amides is 2. The highest BCUT2D eigenvalue weighted by Gasteiger charge is 2.28. The van der Waals surface area contributed by atoms with Crippen molar-refractivity contribution in [2.24, 2.45) is 0 Å². The number of anilines is 2. The third kappa shape index (κ3) is 6.21. The number of pyridine rings is 2. The molecule has 12 nitrogen and oxygen atoms in total. The van der Waals surface area contributed by atoms with Crippen molar-refractivity contribution in [3.63, 3.8) is 0 Å². The summed E-state index contributed by atoms with van der Waals surface area (Å²) in [6.45, 7) is 1.26. The number of hydrogen-bond donors (Lipinski definition) is 3. The number of fused-ring (bicyclic) bond motifs is 1. The first-order valence-corrected chi connectivity index (χ1v) is 14.6. The van der Waals surface area contributed by atoms with Crippen LogP contribution < -0.4 is 20.1 Å². The summed E-state index contributed by atoms with van der Waals surface area (Å²) in [4.78, 5) is 35.0. The number of ether oxygens (including phenoxy) is 2. The highest BCUT2D eigenvalue weighted by molar-refractivity contribution is 6.05. The number of hydrogen-bond acceptors (Lipinski definition) is 8. The van der Waals surface area contributed by atoms with Gasteiger partial charge in [-0.25, -0.2) is 14.8 Å². The Morgan fingerprint density at radius 3 is 2.58 bits per heavy atom. The van der Waals surface area contributed by atoms with Gasteiger partial charge in [-0.2, -0.15) is 5.10 Å². The van der Waals surface area contributed by atoms with Crippen LogP contribution in [0.2, 0.25) is 0 Å². The fourth-order valence-electron chi connectivity index (χ4n) is 5.61. The number of carboxylic acid groups (broad SMARTS) is 1. The van der Waals surface area contributed by atoms with Gasteiger partial charge in [0.1, 0.15) is 28.8 Å². The van der Waals surface area contributed by atoms with Crippen LogP contribution in [0.5, 0.6) is 11.5 Å². The number of carbonyl (C=O) groups is 2. The molecule has 4 heterocycles. The van der Waals surface area contributed by atoms with E-state index < -0.39 is 6.09 Å². The van der Waals surface area contributed by atoms with Gasteiger partial charge in [-0.05, 0) is 55.3 Å². The lowest BCUT2D eigenvalue weighted by atomic mass is 10.0. The number of methoxy groups -OCH3 is 2. The van der Waals surface area contributed by atoms with Gasteiger partial charge in [0.15, 0.2) is 0 Å². The summed E-state index contributed by atoms with van der Waals surface area (Å²) in [5, 5.41) is 21.8. The van der Waals surface area contributed by atoms with Crippen molar-refractivity contribution in [1.29, 1.82) is 0 Å². The second-order valence-electron chi connectivity index (χ2n) is 10.6. The monoisotopic (exact) mass is 607 g/mol. The fourth-order valence-corrected chi connectivity index (χ4v) is 5.61. The average Bonchev–Trinajstić information content (AvgIpc) is 3.48. The van der Waals surface area contributed by atoms with Crippen LogP contribution in [0.3, 0.4) is 0 Å². The minimum atomic E-state index is -0.937. The van der Waals surface area contributed by atoms with Crippen LogP contribution in [-0.4, -0.2) is 69.1 Å². The lowest BCUT2D eigenvalue weighted by Gasteiger charge is -2.31. The summed E-state index contributed by atoms with van der Waals surface area (Å²) in [5.74, 6) is 2.19. The molecule has 1 aliphatic rings. The predicted molar refractivity (Wildman–Crippen MR) is 170 cm³/mol. The van der Waals surface area contributed by atoms with Crippen molar-refractivity contribution in [1.82, 2.24) is 24.6 Å². The largest absolute Gasteiger partial charge is 0.497 e. The molecular weight excluding hydrogens is 574 g/mol. The minimum Gasteiger partial charge on any atom is -0.497 e. The summed E-state index contributed by atoms with van der Waals surface area (Å²) < 4.78 is 12.9. The third-order valence-electron chi connectivity index (χ3n) is 7.90. The highest BCUT2D eigenvalue weighted by Crippen LogP contribution is 2.36. The smallest absolute Gasteiger partial charge is 0.407 e. The number of benzene rings is 2. The van der Waals surface area contributed by atoms with Crippen LogP contribution in [0.25, 0.3) is 22.2 Å². The zero-order chi connectivity index (χ0) is 31.3. The quantitative estimate of drug-likeness (QED) is 0.192. The Morgan fingerprint density at radius 1 is 1.00 bits per heavy atom. The lowest BCUT2D eigenvalue weighted by Crippen LogP contribution is -2.40. The van der Waals surface area contributed by atoms with Crippen LogP contribution in [-0.2, 0) is 6.54 Å². The molecule has 1 fully saturated rings. The Kier molecular flexibility index (Phi) is 8.45. The van der Waals surface area contributed by atoms with Gasteiger partial charge in [0.2, 0.25) is 0 Å². The van der Waals surface area contributed by atoms with Gasteiger partial charge in [-0.3, -0.25) is 9.48 Å². The van der Waals surface area contributed by atoms with E-state index in [1.165, 1.54) is 4.90 Å². The molecule has 5 aromatic rings. The zero-order valence-corrected chi connectivity index (χ0v) is 24.9. The van der Waals surface area contributed by atoms with Crippen molar-refractivity contribution in [2.75, 3.05) is 37.9 Å². The Bertz CT molecular complexity index is 1830. The Hall–Kier alpha value is -5.65. The van der Waals surface area contributed by atoms with E-state index in [4.69, 9.17) is 14.6 Å². The molecule has 1 atom stereocenters. The molecule has 3 N–H and O–H groups in total. The summed E-state index contributed by atoms with van der Waals surface area (Å²) in [5.41, 5.74) is 3.68. The second kappa shape index (κ2) is 12.9. The van der Waals surface area contributed by atoms with Crippen LogP contribution in [0.15, 0.2) is 79.1 Å². The third-order valence-corrected chi connectivity index (χ3v) is 7.90. The van der Waals surface area contributed by atoms with Gasteiger partial charge < -0.3 is 30.1 Å². The number of aromatic nitrogens is 4. The van der Waals surface area contributed by atoms with Gasteiger partial charge in [-0.1, -0.05) is 18.2 Å². The zero-order valence-electron chi connectivity index (χ0n) is 24.9. The molecule has 2 amide bonds. The number of nitrogens with one attached hydrogen (secondary N) is 2. The summed E-state index contributed by atoms with van der Waals surface area (Å²) in [7, 11) is 3.22. The summed E-state index contributed by atoms with van der Waals surface area (Å²) in [6.07, 6.45) is 3.93. The van der Waals surface area contributed by atoms with Crippen molar-refractivity contribution in [3.8, 4) is 22.8 Å². The van der Waals surface area contributed by atoms with E-state index >= 15 is 0 Å². The first kappa shape index (κ1) is 29.4. The van der Waals surface area contributed by atoms with Crippen molar-refractivity contribution in [3.05, 3.63) is 90.3 Å². The average molecular weight is 608 g/mol. The normalized spacial score (nSPS) is 14.6. The Balaban J connectivity index is 1.37. The molecular formula is C33H33N7O5. The lowest BCUT2D eigenvalue weighted by molar-refractivity contribution is 0.102. The Morgan fingerprint density at radius 2 is 1.84 bits per heavy atom. The first-order valence-electron chi connectivity index (χ1n) is 14.6. The molecule has 0 unspecified atom stereocenters. The van der Waals surface area contributed by atoms with Gasteiger partial charge in [0.25, 0.3) is 5.91 Å². The summed E-state index contributed by atoms with van der Waals surface area (Å²) in [6, 6.07) is 19.9. The van der Waals surface area contributed by atoms with Gasteiger partial charge >= 0.3 is 6.09 Å². The topological polar surface area (TPSA) is 144 Å². The van der Waals surface area contributed by atoms with E-state index in [-0.39, 0.29) is 11.9 Å². The minimum absolute atomic E-state index is 0.147. The maximum absolute atomic E-state index is 12.9. The molecule has 230 valence electrons.